The summed E-state index contributed by atoms with van der Waals surface area (Å²) in [7, 11) is 3.22. The summed E-state index contributed by atoms with van der Waals surface area (Å²) < 4.78 is 0. The Morgan fingerprint density at radius 2 is 2.14 bits per heavy atom. The van der Waals surface area contributed by atoms with Crippen molar-refractivity contribution in [3.8, 4) is 0 Å². The number of carbonyl (C=O) groups is 2. The lowest BCUT2D eigenvalue weighted by Crippen LogP contribution is -2.36. The molecule has 2 N–H and O–H groups in total. The molecule has 1 unspecified atom stereocenters. The van der Waals surface area contributed by atoms with Crippen molar-refractivity contribution >= 4 is 28.9 Å². The van der Waals surface area contributed by atoms with Crippen molar-refractivity contribution in [2.75, 3.05) is 24.7 Å². The van der Waals surface area contributed by atoms with Gasteiger partial charge in [-0.05, 0) is 18.6 Å². The molecular weight excluding hydrogens is 276 g/mol. The zero-order valence-electron chi connectivity index (χ0n) is 12.0. The smallest absolute Gasteiger partial charge is 0.292 e. The van der Waals surface area contributed by atoms with E-state index in [1.165, 1.54) is 17.0 Å². The number of fused-ring (bicyclic) bond motifs is 1. The molecule has 1 atom stereocenters. The van der Waals surface area contributed by atoms with Gasteiger partial charge in [-0.15, -0.1) is 0 Å². The third kappa shape index (κ3) is 2.93. The van der Waals surface area contributed by atoms with Gasteiger partial charge in [0.05, 0.1) is 11.3 Å². The Labute approximate surface area is 121 Å². The van der Waals surface area contributed by atoms with Crippen molar-refractivity contribution in [1.82, 2.24) is 4.90 Å². The number of hydrogen-bond acceptors (Lipinski definition) is 5. The van der Waals surface area contributed by atoms with Gasteiger partial charge in [0, 0.05) is 25.8 Å². The summed E-state index contributed by atoms with van der Waals surface area (Å²) in [6.07, 6.45) is 0.128. The Hall–Kier alpha value is -2.64. The molecular formula is C13H16N4O4. The summed E-state index contributed by atoms with van der Waals surface area (Å²) in [5, 5.41) is 16.6. The lowest BCUT2D eigenvalue weighted by atomic mass is 10.1. The monoisotopic (exact) mass is 292 g/mol. The Balaban J connectivity index is 2.34. The van der Waals surface area contributed by atoms with E-state index < -0.39 is 11.0 Å². The average molecular weight is 292 g/mol. The predicted octanol–water partition coefficient (Wildman–Crippen LogP) is 0.978. The molecule has 2 rings (SSSR count). The third-order valence-corrected chi connectivity index (χ3v) is 3.23. The second-order valence-electron chi connectivity index (χ2n) is 5.11. The zero-order chi connectivity index (χ0) is 15.7. The minimum absolute atomic E-state index is 0.128. The lowest BCUT2D eigenvalue weighted by molar-refractivity contribution is -0.384. The molecule has 8 nitrogen and oxygen atoms in total. The van der Waals surface area contributed by atoms with Gasteiger partial charge >= 0.3 is 0 Å². The number of nitro groups is 1. The van der Waals surface area contributed by atoms with Crippen LogP contribution in [0.25, 0.3) is 0 Å². The number of nitrogens with zero attached hydrogens (tertiary/aromatic N) is 2. The molecule has 0 saturated heterocycles. The van der Waals surface area contributed by atoms with E-state index in [0.717, 1.165) is 0 Å². The summed E-state index contributed by atoms with van der Waals surface area (Å²) >= 11 is 0. The highest BCUT2D eigenvalue weighted by molar-refractivity contribution is 6.00. The largest absolute Gasteiger partial charge is 0.368 e. The molecule has 8 heteroatoms. The Bertz CT molecular complexity index is 627. The van der Waals surface area contributed by atoms with Crippen molar-refractivity contribution in [2.45, 2.75) is 19.4 Å². The van der Waals surface area contributed by atoms with Gasteiger partial charge in [0.1, 0.15) is 11.7 Å². The van der Waals surface area contributed by atoms with Crippen LogP contribution in [-0.2, 0) is 16.0 Å². The maximum absolute atomic E-state index is 11.8. The van der Waals surface area contributed by atoms with Gasteiger partial charge < -0.3 is 15.5 Å². The van der Waals surface area contributed by atoms with Crippen LogP contribution in [0.3, 0.4) is 0 Å². The minimum atomic E-state index is -0.617. The molecule has 1 heterocycles. The van der Waals surface area contributed by atoms with Crippen LogP contribution in [-0.4, -0.2) is 41.8 Å². The molecule has 0 fully saturated rings. The summed E-state index contributed by atoms with van der Waals surface area (Å²) in [4.78, 5) is 35.2. The summed E-state index contributed by atoms with van der Waals surface area (Å²) in [5.41, 5.74) is 1.19. The standard InChI is InChI=1S/C13H16N4O4/c1-7(13(19)16(2)3)14-10-6-9-8(5-12(18)15-9)4-11(10)17(20)21/h4,6-7,14H,5H2,1-3H3,(H,15,18). The maximum atomic E-state index is 11.8. The fraction of sp³-hybridized carbons (Fsp3) is 0.385. The summed E-state index contributed by atoms with van der Waals surface area (Å²) in [6.45, 7) is 1.62. The molecule has 2 amide bonds. The van der Waals surface area contributed by atoms with Gasteiger partial charge in [0.15, 0.2) is 0 Å². The fourth-order valence-electron chi connectivity index (χ4n) is 2.21. The Morgan fingerprint density at radius 3 is 2.71 bits per heavy atom. The van der Waals surface area contributed by atoms with E-state index in [0.29, 0.717) is 11.3 Å². The number of anilines is 2. The Kier molecular flexibility index (Phi) is 3.79. The van der Waals surface area contributed by atoms with Crippen LogP contribution in [0.15, 0.2) is 12.1 Å². The molecule has 0 bridgehead atoms. The summed E-state index contributed by atoms with van der Waals surface area (Å²) in [6, 6.07) is 2.24. The van der Waals surface area contributed by atoms with Gasteiger partial charge in [-0.3, -0.25) is 19.7 Å². The molecule has 0 aliphatic carbocycles. The van der Waals surface area contributed by atoms with E-state index in [1.807, 2.05) is 0 Å². The van der Waals surface area contributed by atoms with Crippen molar-refractivity contribution < 1.29 is 14.5 Å². The second-order valence-corrected chi connectivity index (χ2v) is 5.11. The minimum Gasteiger partial charge on any atom is -0.368 e. The SMILES string of the molecule is CC(Nc1cc2c(cc1[N+](=O)[O-])CC(=O)N2)C(=O)N(C)C. The van der Waals surface area contributed by atoms with Gasteiger partial charge in [-0.2, -0.15) is 0 Å². The van der Waals surface area contributed by atoms with E-state index in [9.17, 15) is 19.7 Å². The Morgan fingerprint density at radius 1 is 1.48 bits per heavy atom. The fourth-order valence-corrected chi connectivity index (χ4v) is 2.21. The van der Waals surface area contributed by atoms with Crippen LogP contribution < -0.4 is 10.6 Å². The van der Waals surface area contributed by atoms with Crippen LogP contribution in [0.4, 0.5) is 17.1 Å². The van der Waals surface area contributed by atoms with Gasteiger partial charge in [-0.25, -0.2) is 0 Å². The van der Waals surface area contributed by atoms with Crippen molar-refractivity contribution in [3.63, 3.8) is 0 Å². The number of benzene rings is 1. The molecule has 112 valence electrons. The number of rotatable bonds is 4. The van der Waals surface area contributed by atoms with Crippen LogP contribution in [0, 0.1) is 10.1 Å². The van der Waals surface area contributed by atoms with E-state index in [2.05, 4.69) is 10.6 Å². The molecule has 1 aromatic carbocycles. The van der Waals surface area contributed by atoms with Crippen molar-refractivity contribution in [3.05, 3.63) is 27.8 Å². The first kappa shape index (κ1) is 14.8. The number of likely N-dealkylation sites (N-methyl/N-ethyl adjacent to an activating group) is 1. The average Bonchev–Trinajstić information content (AvgIpc) is 2.75. The highest BCUT2D eigenvalue weighted by Crippen LogP contribution is 2.34. The first-order valence-electron chi connectivity index (χ1n) is 6.38. The van der Waals surface area contributed by atoms with E-state index in [-0.39, 0.29) is 29.6 Å². The number of nitro benzene ring substituents is 1. The van der Waals surface area contributed by atoms with Gasteiger partial charge in [0.2, 0.25) is 11.8 Å². The molecule has 0 saturated carbocycles. The quantitative estimate of drug-likeness (QED) is 0.635. The number of carbonyl (C=O) groups excluding carboxylic acids is 2. The number of amides is 2. The summed E-state index contributed by atoms with van der Waals surface area (Å²) in [5.74, 6) is -0.400. The van der Waals surface area contributed by atoms with Crippen LogP contribution >= 0.6 is 0 Å². The van der Waals surface area contributed by atoms with E-state index in [1.54, 1.807) is 21.0 Å². The zero-order valence-corrected chi connectivity index (χ0v) is 12.0. The predicted molar refractivity (Wildman–Crippen MR) is 77.2 cm³/mol. The van der Waals surface area contributed by atoms with Gasteiger partial charge in [0.25, 0.3) is 5.69 Å². The lowest BCUT2D eigenvalue weighted by Gasteiger charge is -2.19. The first-order chi connectivity index (χ1) is 9.79. The molecule has 0 radical (unpaired) electrons. The molecule has 21 heavy (non-hydrogen) atoms. The molecule has 1 aliphatic heterocycles. The normalized spacial score (nSPS) is 14.1. The second kappa shape index (κ2) is 5.39. The molecule has 0 aromatic heterocycles. The topological polar surface area (TPSA) is 105 Å². The first-order valence-corrected chi connectivity index (χ1v) is 6.38. The molecule has 0 spiro atoms. The number of nitrogens with one attached hydrogen (secondary N) is 2. The maximum Gasteiger partial charge on any atom is 0.292 e. The van der Waals surface area contributed by atoms with Gasteiger partial charge in [-0.1, -0.05) is 0 Å². The van der Waals surface area contributed by atoms with Crippen molar-refractivity contribution in [1.29, 1.82) is 0 Å². The molecule has 1 aliphatic rings. The highest BCUT2D eigenvalue weighted by Gasteiger charge is 2.26. The van der Waals surface area contributed by atoms with Crippen molar-refractivity contribution in [2.24, 2.45) is 0 Å². The molecule has 1 aromatic rings. The van der Waals surface area contributed by atoms with E-state index >= 15 is 0 Å². The van der Waals surface area contributed by atoms with E-state index in [4.69, 9.17) is 0 Å². The van der Waals surface area contributed by atoms with Crippen LogP contribution in [0.5, 0.6) is 0 Å². The van der Waals surface area contributed by atoms with Crippen LogP contribution in [0.1, 0.15) is 12.5 Å². The third-order valence-electron chi connectivity index (χ3n) is 3.23. The highest BCUT2D eigenvalue weighted by atomic mass is 16.6. The van der Waals surface area contributed by atoms with Crippen LogP contribution in [0.2, 0.25) is 0 Å². The number of hydrogen-bond donors (Lipinski definition) is 2.